The molecule has 0 saturated carbocycles. The predicted molar refractivity (Wildman–Crippen MR) is 88.5 cm³/mol. The third-order valence-electron chi connectivity index (χ3n) is 3.59. The molecule has 114 valence electrons. The molecule has 5 heteroatoms. The number of carboxylic acids is 1. The molecule has 0 amide bonds. The van der Waals surface area contributed by atoms with Crippen molar-refractivity contribution in [2.45, 2.75) is 32.6 Å². The van der Waals surface area contributed by atoms with Crippen molar-refractivity contribution < 1.29 is 9.90 Å². The van der Waals surface area contributed by atoms with Gasteiger partial charge in [0.2, 0.25) is 0 Å². The number of fused-ring (bicyclic) bond motifs is 1. The Kier molecular flexibility index (Phi) is 3.53. The number of thiazole rings is 1. The second-order valence-electron chi connectivity index (χ2n) is 6.33. The lowest BCUT2D eigenvalue weighted by molar-refractivity contribution is -0.136. The standard InChI is InChI=1S/C17H18N2O2S/c1-17(2,3)13-10-22-16-18-15(11-7-5-4-6-8-11)12(19(13)16)9-14(20)21/h4-8,10H,9H2,1-3H3,(H,20,21). The summed E-state index contributed by atoms with van der Waals surface area (Å²) in [6, 6.07) is 9.76. The van der Waals surface area contributed by atoms with E-state index in [0.29, 0.717) is 0 Å². The van der Waals surface area contributed by atoms with Gasteiger partial charge in [-0.2, -0.15) is 0 Å². The zero-order valence-corrected chi connectivity index (χ0v) is 13.6. The lowest BCUT2D eigenvalue weighted by Gasteiger charge is -2.18. The Bertz CT molecular complexity index is 826. The van der Waals surface area contributed by atoms with Crippen molar-refractivity contribution >= 4 is 22.3 Å². The SMILES string of the molecule is CC(C)(C)c1csc2nc(-c3ccccc3)c(CC(=O)O)n12. The first-order chi connectivity index (χ1) is 10.4. The molecule has 2 heterocycles. The van der Waals surface area contributed by atoms with Gasteiger partial charge in [0.15, 0.2) is 4.96 Å². The molecule has 0 aliphatic carbocycles. The Labute approximate surface area is 133 Å². The molecule has 0 unspecified atom stereocenters. The van der Waals surface area contributed by atoms with E-state index in [9.17, 15) is 9.90 Å². The quantitative estimate of drug-likeness (QED) is 0.795. The van der Waals surface area contributed by atoms with Crippen molar-refractivity contribution in [3.05, 3.63) is 47.1 Å². The van der Waals surface area contributed by atoms with Gasteiger partial charge in [-0.3, -0.25) is 9.20 Å². The van der Waals surface area contributed by atoms with Gasteiger partial charge in [-0.05, 0) is 0 Å². The molecule has 3 aromatic rings. The number of carboxylic acid groups (broad SMARTS) is 1. The van der Waals surface area contributed by atoms with Crippen molar-refractivity contribution in [2.75, 3.05) is 0 Å². The molecule has 1 aromatic carbocycles. The van der Waals surface area contributed by atoms with Crippen LogP contribution in [0.1, 0.15) is 32.2 Å². The molecular weight excluding hydrogens is 296 g/mol. The van der Waals surface area contributed by atoms with Gasteiger partial charge < -0.3 is 5.11 Å². The number of hydrogen-bond donors (Lipinski definition) is 1. The summed E-state index contributed by atoms with van der Waals surface area (Å²) in [7, 11) is 0. The van der Waals surface area contributed by atoms with E-state index in [1.54, 1.807) is 11.3 Å². The van der Waals surface area contributed by atoms with Crippen LogP contribution in [0.25, 0.3) is 16.2 Å². The van der Waals surface area contributed by atoms with Gasteiger partial charge in [0.25, 0.3) is 0 Å². The molecule has 22 heavy (non-hydrogen) atoms. The van der Waals surface area contributed by atoms with Crippen molar-refractivity contribution in [2.24, 2.45) is 0 Å². The maximum absolute atomic E-state index is 11.3. The van der Waals surface area contributed by atoms with Gasteiger partial charge in [0.05, 0.1) is 17.8 Å². The van der Waals surface area contributed by atoms with Crippen molar-refractivity contribution in [1.82, 2.24) is 9.38 Å². The molecule has 1 N–H and O–H groups in total. The molecule has 0 radical (unpaired) electrons. The van der Waals surface area contributed by atoms with Gasteiger partial charge in [-0.25, -0.2) is 4.98 Å². The van der Waals surface area contributed by atoms with E-state index < -0.39 is 5.97 Å². The van der Waals surface area contributed by atoms with Crippen molar-refractivity contribution in [3.63, 3.8) is 0 Å². The molecule has 0 atom stereocenters. The van der Waals surface area contributed by atoms with Crippen LogP contribution in [0.3, 0.4) is 0 Å². The highest BCUT2D eigenvalue weighted by atomic mass is 32.1. The highest BCUT2D eigenvalue weighted by Crippen LogP contribution is 2.33. The predicted octanol–water partition coefficient (Wildman–Crippen LogP) is 3.99. The number of carbonyl (C=O) groups is 1. The third kappa shape index (κ3) is 2.52. The van der Waals surface area contributed by atoms with E-state index >= 15 is 0 Å². The molecule has 0 bridgehead atoms. The van der Waals surface area contributed by atoms with Crippen LogP contribution in [0.5, 0.6) is 0 Å². The normalized spacial score (nSPS) is 12.0. The summed E-state index contributed by atoms with van der Waals surface area (Å²) in [5.74, 6) is -0.843. The maximum atomic E-state index is 11.3. The minimum atomic E-state index is -0.843. The van der Waals surface area contributed by atoms with E-state index in [1.165, 1.54) is 0 Å². The van der Waals surface area contributed by atoms with E-state index in [4.69, 9.17) is 0 Å². The Morgan fingerprint density at radius 1 is 1.27 bits per heavy atom. The monoisotopic (exact) mass is 314 g/mol. The topological polar surface area (TPSA) is 54.6 Å². The lowest BCUT2D eigenvalue weighted by atomic mass is 9.93. The van der Waals surface area contributed by atoms with Crippen LogP contribution in [-0.2, 0) is 16.6 Å². The fourth-order valence-corrected chi connectivity index (χ4v) is 3.70. The minimum absolute atomic E-state index is 0.0365. The largest absolute Gasteiger partial charge is 0.481 e. The summed E-state index contributed by atoms with van der Waals surface area (Å²) in [6.45, 7) is 6.38. The summed E-state index contributed by atoms with van der Waals surface area (Å²) >= 11 is 1.56. The second-order valence-corrected chi connectivity index (χ2v) is 7.17. The van der Waals surface area contributed by atoms with Crippen LogP contribution in [0.4, 0.5) is 0 Å². The van der Waals surface area contributed by atoms with Crippen LogP contribution in [0.15, 0.2) is 35.7 Å². The van der Waals surface area contributed by atoms with Crippen molar-refractivity contribution in [1.29, 1.82) is 0 Å². The van der Waals surface area contributed by atoms with Crippen LogP contribution in [0.2, 0.25) is 0 Å². The first kappa shape index (κ1) is 14.8. The van der Waals surface area contributed by atoms with Crippen LogP contribution >= 0.6 is 11.3 Å². The lowest BCUT2D eigenvalue weighted by Crippen LogP contribution is -2.16. The number of hydrogen-bond acceptors (Lipinski definition) is 3. The summed E-state index contributed by atoms with van der Waals surface area (Å²) in [5.41, 5.74) is 3.49. The molecule has 0 aliphatic rings. The first-order valence-electron chi connectivity index (χ1n) is 7.14. The molecule has 0 aliphatic heterocycles. The number of nitrogens with zero attached hydrogens (tertiary/aromatic N) is 2. The van der Waals surface area contributed by atoms with Crippen LogP contribution < -0.4 is 0 Å². The molecule has 0 fully saturated rings. The summed E-state index contributed by atoms with van der Waals surface area (Å²) in [4.78, 5) is 16.9. The van der Waals surface area contributed by atoms with E-state index in [1.807, 2.05) is 34.7 Å². The highest BCUT2D eigenvalue weighted by molar-refractivity contribution is 7.15. The van der Waals surface area contributed by atoms with Gasteiger partial charge >= 0.3 is 5.97 Å². The van der Waals surface area contributed by atoms with E-state index in [0.717, 1.165) is 27.6 Å². The number of aliphatic carboxylic acids is 1. The Morgan fingerprint density at radius 3 is 2.55 bits per heavy atom. The summed E-state index contributed by atoms with van der Waals surface area (Å²) in [5, 5.41) is 11.4. The molecule has 0 spiro atoms. The number of aromatic nitrogens is 2. The Balaban J connectivity index is 2.30. The highest BCUT2D eigenvalue weighted by Gasteiger charge is 2.25. The molecule has 4 nitrogen and oxygen atoms in total. The Hall–Kier alpha value is -2.14. The average Bonchev–Trinajstić information content (AvgIpc) is 2.99. The first-order valence-corrected chi connectivity index (χ1v) is 8.02. The van der Waals surface area contributed by atoms with E-state index in [2.05, 4.69) is 31.1 Å². The number of imidazole rings is 1. The van der Waals surface area contributed by atoms with Gasteiger partial charge in [-0.1, -0.05) is 51.1 Å². The smallest absolute Gasteiger partial charge is 0.309 e. The molecular formula is C17H18N2O2S. The van der Waals surface area contributed by atoms with Crippen LogP contribution in [-0.4, -0.2) is 20.5 Å². The summed E-state index contributed by atoms with van der Waals surface area (Å²) in [6.07, 6.45) is -0.0365. The number of benzene rings is 1. The fraction of sp³-hybridized carbons (Fsp3) is 0.294. The van der Waals surface area contributed by atoms with E-state index in [-0.39, 0.29) is 11.8 Å². The molecule has 2 aromatic heterocycles. The minimum Gasteiger partial charge on any atom is -0.481 e. The number of rotatable bonds is 3. The molecule has 3 rings (SSSR count). The zero-order chi connectivity index (χ0) is 15.9. The van der Waals surface area contributed by atoms with Crippen LogP contribution in [0, 0.1) is 0 Å². The summed E-state index contributed by atoms with van der Waals surface area (Å²) < 4.78 is 2.02. The fourth-order valence-electron chi connectivity index (χ4n) is 2.57. The maximum Gasteiger partial charge on any atom is 0.309 e. The third-order valence-corrected chi connectivity index (χ3v) is 4.42. The zero-order valence-electron chi connectivity index (χ0n) is 12.8. The molecule has 0 saturated heterocycles. The Morgan fingerprint density at radius 2 is 1.95 bits per heavy atom. The van der Waals surface area contributed by atoms with Gasteiger partial charge in [-0.15, -0.1) is 11.3 Å². The van der Waals surface area contributed by atoms with Crippen molar-refractivity contribution in [3.8, 4) is 11.3 Å². The average molecular weight is 314 g/mol. The van der Waals surface area contributed by atoms with Gasteiger partial charge in [0.1, 0.15) is 0 Å². The van der Waals surface area contributed by atoms with Gasteiger partial charge in [0, 0.05) is 22.1 Å². The second kappa shape index (κ2) is 5.25.